The van der Waals surface area contributed by atoms with Crippen LogP contribution >= 0.6 is 0 Å². The number of anilines is 2. The second-order valence-corrected chi connectivity index (χ2v) is 9.04. The van der Waals surface area contributed by atoms with E-state index in [2.05, 4.69) is 15.6 Å². The van der Waals surface area contributed by atoms with Crippen LogP contribution in [0.3, 0.4) is 0 Å². The smallest absolute Gasteiger partial charge is 0.270 e. The molecule has 2 aromatic carbocycles. The van der Waals surface area contributed by atoms with Crippen molar-refractivity contribution in [3.63, 3.8) is 0 Å². The third-order valence-corrected chi connectivity index (χ3v) is 6.46. The number of hydroxylamine groups is 2. The Kier molecular flexibility index (Phi) is 8.02. The molecule has 2 aliphatic carbocycles. The lowest BCUT2D eigenvalue weighted by molar-refractivity contribution is -0.114. The third-order valence-electron chi connectivity index (χ3n) is 6.46. The third kappa shape index (κ3) is 5.92. The number of benzene rings is 2. The van der Waals surface area contributed by atoms with E-state index < -0.39 is 0 Å². The summed E-state index contributed by atoms with van der Waals surface area (Å²) in [6, 6.07) is 13.4. The first kappa shape index (κ1) is 25.4. The van der Waals surface area contributed by atoms with Gasteiger partial charge in [0.2, 0.25) is 0 Å². The quantitative estimate of drug-likeness (QED) is 0.252. The zero-order valence-corrected chi connectivity index (χ0v) is 20.2. The maximum atomic E-state index is 13.9. The van der Waals surface area contributed by atoms with Crippen molar-refractivity contribution in [2.45, 2.75) is 25.7 Å². The van der Waals surface area contributed by atoms with Gasteiger partial charge in [0.15, 0.2) is 0 Å². The summed E-state index contributed by atoms with van der Waals surface area (Å²) in [5.41, 5.74) is 9.96. The fourth-order valence-corrected chi connectivity index (χ4v) is 4.39. The molecular weight excluding hydrogens is 461 g/mol. The van der Waals surface area contributed by atoms with Gasteiger partial charge in [0.25, 0.3) is 5.91 Å². The lowest BCUT2D eigenvalue weighted by atomic mass is 9.83. The summed E-state index contributed by atoms with van der Waals surface area (Å²) in [6.07, 6.45) is 4.74. The molecule has 0 saturated heterocycles. The van der Waals surface area contributed by atoms with Gasteiger partial charge in [0.1, 0.15) is 11.5 Å². The first-order valence-corrected chi connectivity index (χ1v) is 12.1. The zero-order valence-electron chi connectivity index (χ0n) is 20.2. The topological polar surface area (TPSA) is 123 Å². The van der Waals surface area contributed by atoms with E-state index in [-0.39, 0.29) is 30.0 Å². The molecule has 36 heavy (non-hydrogen) atoms. The Morgan fingerprint density at radius 3 is 2.56 bits per heavy atom. The number of allylic oxidation sites excluding steroid dienone is 2. The summed E-state index contributed by atoms with van der Waals surface area (Å²) in [6.45, 7) is 0.287. The van der Waals surface area contributed by atoms with Crippen molar-refractivity contribution < 1.29 is 19.5 Å². The largest absolute Gasteiger partial charge is 0.398 e. The van der Waals surface area contributed by atoms with Crippen LogP contribution in [-0.4, -0.2) is 47.2 Å². The van der Waals surface area contributed by atoms with Crippen molar-refractivity contribution in [1.29, 1.82) is 0 Å². The number of aliphatic imine (C=N–C) groups is 1. The second kappa shape index (κ2) is 11.4. The molecule has 1 amide bonds. The van der Waals surface area contributed by atoms with Crippen LogP contribution in [0.2, 0.25) is 0 Å². The molecule has 1 fully saturated rings. The summed E-state index contributed by atoms with van der Waals surface area (Å²) in [5, 5.41) is 26.5. The number of nitrogens with one attached hydrogen (secondary N) is 2. The van der Waals surface area contributed by atoms with Gasteiger partial charge in [-0.3, -0.25) is 15.1 Å². The Bertz CT molecular complexity index is 1190. The van der Waals surface area contributed by atoms with Gasteiger partial charge >= 0.3 is 0 Å². The van der Waals surface area contributed by atoms with E-state index in [1.54, 1.807) is 55.6 Å². The predicted molar refractivity (Wildman–Crippen MR) is 138 cm³/mol. The molecule has 0 heterocycles. The van der Waals surface area contributed by atoms with Crippen molar-refractivity contribution in [3.8, 4) is 0 Å². The number of amides is 1. The monoisotopic (exact) mass is 493 g/mol. The molecule has 9 heteroatoms. The Morgan fingerprint density at radius 2 is 1.92 bits per heavy atom. The molecule has 0 radical (unpaired) electrons. The van der Waals surface area contributed by atoms with Crippen molar-refractivity contribution >= 4 is 28.7 Å². The van der Waals surface area contributed by atoms with Crippen LogP contribution in [0.25, 0.3) is 0 Å². The molecule has 190 valence electrons. The molecule has 2 aromatic rings. The molecule has 1 unspecified atom stereocenters. The summed E-state index contributed by atoms with van der Waals surface area (Å²) < 4.78 is 13.9. The fourth-order valence-electron chi connectivity index (χ4n) is 4.39. The maximum Gasteiger partial charge on any atom is 0.270 e. The molecule has 8 nitrogen and oxygen atoms in total. The highest BCUT2D eigenvalue weighted by molar-refractivity contribution is 6.46. The molecule has 0 spiro atoms. The van der Waals surface area contributed by atoms with E-state index >= 15 is 0 Å². The molecule has 1 atom stereocenters. The SMILES string of the molecule is CNC(=O)C(=Nc1ccc(Nc2ccccc2F)cc1)C1=C(N)C=C(N(O)CCCO)C(C2CC2)C1. The number of carbonyl (C=O) groups is 1. The van der Waals surface area contributed by atoms with Crippen molar-refractivity contribution in [1.82, 2.24) is 10.4 Å². The van der Waals surface area contributed by atoms with Crippen molar-refractivity contribution in [3.05, 3.63) is 77.4 Å². The molecule has 2 aliphatic rings. The molecule has 0 aliphatic heterocycles. The first-order chi connectivity index (χ1) is 17.4. The van der Waals surface area contributed by atoms with E-state index in [1.165, 1.54) is 11.1 Å². The minimum atomic E-state index is -0.353. The van der Waals surface area contributed by atoms with Crippen LogP contribution in [0, 0.1) is 17.7 Å². The molecule has 0 aromatic heterocycles. The average molecular weight is 494 g/mol. The Morgan fingerprint density at radius 1 is 1.19 bits per heavy atom. The number of para-hydroxylation sites is 1. The molecule has 0 bridgehead atoms. The van der Waals surface area contributed by atoms with Crippen molar-refractivity contribution in [2.75, 3.05) is 25.5 Å². The van der Waals surface area contributed by atoms with Gasteiger partial charge in [0.05, 0.1) is 11.4 Å². The number of hydrogen-bond donors (Lipinski definition) is 5. The number of rotatable bonds is 10. The van der Waals surface area contributed by atoms with Gasteiger partial charge in [-0.1, -0.05) is 12.1 Å². The van der Waals surface area contributed by atoms with Crippen LogP contribution in [-0.2, 0) is 4.79 Å². The molecule has 6 N–H and O–H groups in total. The first-order valence-electron chi connectivity index (χ1n) is 12.1. The highest BCUT2D eigenvalue weighted by atomic mass is 19.1. The standard InChI is InChI=1S/C27H32FN5O3/c1-30-27(35)26(32-19-11-9-18(10-12-19)31-24-6-3-2-5-22(24)28)21-15-20(17-7-8-17)25(16-23(21)29)33(36)13-4-14-34/h2-3,5-6,9-12,16-17,20,31,34,36H,4,7-8,13-15,29H2,1H3,(H,30,35). The maximum absolute atomic E-state index is 13.9. The molecular formula is C27H32FN5O3. The number of halogens is 1. The Labute approximate surface area is 210 Å². The van der Waals surface area contributed by atoms with E-state index in [0.29, 0.717) is 59.3 Å². The Hall–Kier alpha value is -3.69. The summed E-state index contributed by atoms with van der Waals surface area (Å²) in [7, 11) is 1.54. The van der Waals surface area contributed by atoms with Gasteiger partial charge in [-0.25, -0.2) is 9.38 Å². The summed E-state index contributed by atoms with van der Waals surface area (Å²) in [4.78, 5) is 17.5. The number of hydrogen-bond acceptors (Lipinski definition) is 7. The lowest BCUT2D eigenvalue weighted by Gasteiger charge is -2.32. The number of carbonyl (C=O) groups excluding carboxylic acids is 1. The van der Waals surface area contributed by atoms with E-state index in [9.17, 15) is 14.4 Å². The van der Waals surface area contributed by atoms with Crippen LogP contribution < -0.4 is 16.4 Å². The van der Waals surface area contributed by atoms with Crippen LogP contribution in [0.5, 0.6) is 0 Å². The minimum absolute atomic E-state index is 0.0122. The second-order valence-electron chi connectivity index (χ2n) is 9.04. The van der Waals surface area contributed by atoms with Gasteiger partial charge < -0.3 is 21.5 Å². The number of aliphatic hydroxyl groups is 1. The highest BCUT2D eigenvalue weighted by Crippen LogP contribution is 2.46. The van der Waals surface area contributed by atoms with Crippen LogP contribution in [0.15, 0.2) is 76.6 Å². The van der Waals surface area contributed by atoms with E-state index in [0.717, 1.165) is 12.8 Å². The zero-order chi connectivity index (χ0) is 25.7. The van der Waals surface area contributed by atoms with Gasteiger partial charge in [-0.15, -0.1) is 0 Å². The van der Waals surface area contributed by atoms with E-state index in [4.69, 9.17) is 10.8 Å². The van der Waals surface area contributed by atoms with Crippen LogP contribution in [0.4, 0.5) is 21.5 Å². The summed E-state index contributed by atoms with van der Waals surface area (Å²) >= 11 is 0. The minimum Gasteiger partial charge on any atom is -0.398 e. The molecule has 4 rings (SSSR count). The fraction of sp³-hybridized carbons (Fsp3) is 0.333. The van der Waals surface area contributed by atoms with Crippen LogP contribution in [0.1, 0.15) is 25.7 Å². The normalized spacial score (nSPS) is 18.1. The average Bonchev–Trinajstić information content (AvgIpc) is 3.73. The number of nitrogens with zero attached hydrogens (tertiary/aromatic N) is 2. The summed E-state index contributed by atoms with van der Waals surface area (Å²) in [5.74, 6) is -0.290. The number of nitrogens with two attached hydrogens (primary N) is 1. The number of aliphatic hydroxyl groups excluding tert-OH is 1. The van der Waals surface area contributed by atoms with Gasteiger partial charge in [-0.05, 0) is 74.1 Å². The highest BCUT2D eigenvalue weighted by Gasteiger charge is 2.39. The predicted octanol–water partition coefficient (Wildman–Crippen LogP) is 3.99. The van der Waals surface area contributed by atoms with Gasteiger partial charge in [0, 0.05) is 48.8 Å². The lowest BCUT2D eigenvalue weighted by Crippen LogP contribution is -2.35. The van der Waals surface area contributed by atoms with Gasteiger partial charge in [-0.2, -0.15) is 0 Å². The Balaban J connectivity index is 1.62. The van der Waals surface area contributed by atoms with Crippen molar-refractivity contribution in [2.24, 2.45) is 22.6 Å². The molecule has 1 saturated carbocycles. The van der Waals surface area contributed by atoms with E-state index in [1.807, 2.05) is 0 Å².